The van der Waals surface area contributed by atoms with Crippen molar-refractivity contribution in [1.82, 2.24) is 0 Å². The molecule has 0 amide bonds. The van der Waals surface area contributed by atoms with Gasteiger partial charge in [-0.3, -0.25) is 0 Å². The van der Waals surface area contributed by atoms with Gasteiger partial charge in [-0.25, -0.2) is 0 Å². The van der Waals surface area contributed by atoms with Crippen molar-refractivity contribution >= 4 is 0 Å². The molecule has 3 nitrogen and oxygen atoms in total. The lowest BCUT2D eigenvalue weighted by Gasteiger charge is -2.46. The van der Waals surface area contributed by atoms with Gasteiger partial charge < -0.3 is 14.6 Å². The zero-order valence-electron chi connectivity index (χ0n) is 11.7. The molecule has 0 aromatic heterocycles. The van der Waals surface area contributed by atoms with Crippen molar-refractivity contribution in [2.45, 2.75) is 24.6 Å². The number of ether oxygens (including phenoxy) is 2. The summed E-state index contributed by atoms with van der Waals surface area (Å²) in [6, 6.07) is 10.0. The molecule has 8 atom stereocenters. The van der Waals surface area contributed by atoms with E-state index in [4.69, 9.17) is 9.47 Å². The third-order valence-electron chi connectivity index (χ3n) is 5.88. The zero-order chi connectivity index (χ0) is 14.3. The van der Waals surface area contributed by atoms with Crippen LogP contribution in [-0.2, 0) is 9.47 Å². The van der Waals surface area contributed by atoms with Crippen LogP contribution in [0.2, 0.25) is 0 Å². The van der Waals surface area contributed by atoms with E-state index in [9.17, 15) is 5.11 Å². The first-order chi connectivity index (χ1) is 10.2. The molecule has 1 aromatic carbocycles. The molecule has 0 radical (unpaired) electrons. The van der Waals surface area contributed by atoms with Gasteiger partial charge in [0.25, 0.3) is 0 Å². The molecule has 4 bridgehead atoms. The molecule has 1 saturated heterocycles. The largest absolute Gasteiger partial charge is 0.392 e. The second-order valence-electron chi connectivity index (χ2n) is 6.69. The predicted molar refractivity (Wildman–Crippen MR) is 77.2 cm³/mol. The van der Waals surface area contributed by atoms with E-state index < -0.39 is 0 Å². The number of hydrogen-bond donors (Lipinski definition) is 1. The van der Waals surface area contributed by atoms with Gasteiger partial charge in [-0.1, -0.05) is 54.6 Å². The Kier molecular flexibility index (Phi) is 2.23. The minimum Gasteiger partial charge on any atom is -0.392 e. The monoisotopic (exact) mass is 282 g/mol. The van der Waals surface area contributed by atoms with Crippen molar-refractivity contribution in [3.05, 3.63) is 60.2 Å². The summed E-state index contributed by atoms with van der Waals surface area (Å²) in [6.07, 6.45) is -0.703. The Morgan fingerprint density at radius 1 is 0.905 bits per heavy atom. The van der Waals surface area contributed by atoms with Crippen LogP contribution in [0.1, 0.15) is 11.9 Å². The van der Waals surface area contributed by atoms with Gasteiger partial charge in [0.05, 0.1) is 18.3 Å². The molecule has 1 aromatic rings. The van der Waals surface area contributed by atoms with E-state index in [0.717, 1.165) is 11.1 Å². The molecule has 3 heteroatoms. The smallest absolute Gasteiger partial charge is 0.184 e. The van der Waals surface area contributed by atoms with Gasteiger partial charge in [0.1, 0.15) is 0 Å². The van der Waals surface area contributed by atoms with Crippen molar-refractivity contribution in [3.63, 3.8) is 0 Å². The minimum absolute atomic E-state index is 0.0107. The van der Waals surface area contributed by atoms with Crippen LogP contribution in [-0.4, -0.2) is 23.4 Å². The molecule has 5 aliphatic rings. The average molecular weight is 282 g/mol. The minimum atomic E-state index is -0.350. The SMILES string of the molecule is C=C1[C@@H]2C(=C)[C@H]3[C@@H](O)[C@@H]2[C@@H]2O[C@H](c4ccccc4)O[C@@H]2[C@@H]13. The molecule has 108 valence electrons. The molecule has 0 unspecified atom stereocenters. The summed E-state index contributed by atoms with van der Waals surface area (Å²) in [7, 11) is 0. The molecule has 0 spiro atoms. The maximum atomic E-state index is 10.6. The normalized spacial score (nSPS) is 50.0. The highest BCUT2D eigenvalue weighted by molar-refractivity contribution is 5.44. The van der Waals surface area contributed by atoms with E-state index in [2.05, 4.69) is 13.2 Å². The second-order valence-corrected chi connectivity index (χ2v) is 6.69. The second kappa shape index (κ2) is 3.86. The maximum Gasteiger partial charge on any atom is 0.184 e. The van der Waals surface area contributed by atoms with Crippen LogP contribution in [0.5, 0.6) is 0 Å². The number of aliphatic hydroxyl groups is 1. The van der Waals surface area contributed by atoms with E-state index in [-0.39, 0.29) is 48.3 Å². The molecule has 5 fully saturated rings. The fourth-order valence-corrected chi connectivity index (χ4v) is 5.11. The highest BCUT2D eigenvalue weighted by Crippen LogP contribution is 2.67. The summed E-state index contributed by atoms with van der Waals surface area (Å²) in [6.45, 7) is 8.45. The van der Waals surface area contributed by atoms with Gasteiger partial charge in [-0.2, -0.15) is 0 Å². The van der Waals surface area contributed by atoms with Gasteiger partial charge in [0.2, 0.25) is 0 Å². The lowest BCUT2D eigenvalue weighted by atomic mass is 9.63. The highest BCUT2D eigenvalue weighted by Gasteiger charge is 2.70. The van der Waals surface area contributed by atoms with Crippen LogP contribution in [0.25, 0.3) is 0 Å². The van der Waals surface area contributed by atoms with Gasteiger partial charge in [-0.05, 0) is 0 Å². The Labute approximate surface area is 123 Å². The first-order valence-corrected chi connectivity index (χ1v) is 7.60. The molecule has 4 saturated carbocycles. The van der Waals surface area contributed by atoms with E-state index in [1.807, 2.05) is 30.3 Å². The van der Waals surface area contributed by atoms with Gasteiger partial charge >= 0.3 is 0 Å². The Bertz CT molecular complexity index is 637. The number of rotatable bonds is 1. The van der Waals surface area contributed by atoms with Crippen LogP contribution in [0.4, 0.5) is 0 Å². The average Bonchev–Trinajstić information content (AvgIpc) is 3.08. The third-order valence-corrected chi connectivity index (χ3v) is 5.88. The van der Waals surface area contributed by atoms with Gasteiger partial charge in [-0.15, -0.1) is 0 Å². The van der Waals surface area contributed by atoms with Crippen molar-refractivity contribution in [2.24, 2.45) is 23.7 Å². The van der Waals surface area contributed by atoms with Crippen LogP contribution in [0, 0.1) is 23.7 Å². The number of aliphatic hydroxyl groups excluding tert-OH is 1. The fraction of sp³-hybridized carbons (Fsp3) is 0.444. The molecule has 1 aliphatic heterocycles. The Morgan fingerprint density at radius 2 is 1.57 bits per heavy atom. The van der Waals surface area contributed by atoms with E-state index in [1.165, 1.54) is 5.57 Å². The van der Waals surface area contributed by atoms with Crippen LogP contribution in [0.15, 0.2) is 54.6 Å². The quantitative estimate of drug-likeness (QED) is 0.804. The maximum absolute atomic E-state index is 10.6. The molecule has 6 rings (SSSR count). The van der Waals surface area contributed by atoms with Crippen molar-refractivity contribution < 1.29 is 14.6 Å². The number of benzene rings is 1. The van der Waals surface area contributed by atoms with Crippen LogP contribution >= 0.6 is 0 Å². The summed E-state index contributed by atoms with van der Waals surface area (Å²) < 4.78 is 12.4. The van der Waals surface area contributed by atoms with Gasteiger partial charge in [0.15, 0.2) is 6.29 Å². The van der Waals surface area contributed by atoms with E-state index in [1.54, 1.807) is 0 Å². The Hall–Kier alpha value is -1.42. The van der Waals surface area contributed by atoms with Crippen molar-refractivity contribution in [3.8, 4) is 0 Å². The number of hydrogen-bond acceptors (Lipinski definition) is 3. The first kappa shape index (κ1) is 12.2. The molecule has 21 heavy (non-hydrogen) atoms. The van der Waals surface area contributed by atoms with Crippen molar-refractivity contribution in [1.29, 1.82) is 0 Å². The highest BCUT2D eigenvalue weighted by atomic mass is 16.7. The summed E-state index contributed by atoms with van der Waals surface area (Å²) >= 11 is 0. The van der Waals surface area contributed by atoms with Crippen LogP contribution in [0.3, 0.4) is 0 Å². The van der Waals surface area contributed by atoms with Crippen molar-refractivity contribution in [2.75, 3.05) is 0 Å². The summed E-state index contributed by atoms with van der Waals surface area (Å²) in [4.78, 5) is 0. The standard InChI is InChI=1S/C18H18O3/c1-8-11-9(2)13-12(8)15(19)14(11)17-16(13)20-18(21-17)10-6-4-3-5-7-10/h3-7,11-19H,1-2H2/t11-,12+,13-,14+,15+,16+,17-,18+/m0/s1. The molecule has 1 N–H and O–H groups in total. The van der Waals surface area contributed by atoms with Crippen LogP contribution < -0.4 is 0 Å². The summed E-state index contributed by atoms with van der Waals surface area (Å²) in [5.41, 5.74) is 3.37. The van der Waals surface area contributed by atoms with Gasteiger partial charge in [0, 0.05) is 29.2 Å². The lowest BCUT2D eigenvalue weighted by molar-refractivity contribution is -0.0900. The Balaban J connectivity index is 1.53. The first-order valence-electron chi connectivity index (χ1n) is 7.60. The Morgan fingerprint density at radius 3 is 2.33 bits per heavy atom. The van der Waals surface area contributed by atoms with E-state index >= 15 is 0 Å². The summed E-state index contributed by atoms with van der Waals surface area (Å²) in [5, 5.41) is 10.6. The zero-order valence-corrected chi connectivity index (χ0v) is 11.7. The summed E-state index contributed by atoms with van der Waals surface area (Å²) in [5.74, 6) is 0.571. The topological polar surface area (TPSA) is 38.7 Å². The third kappa shape index (κ3) is 1.30. The molecular weight excluding hydrogens is 264 g/mol. The molecular formula is C18H18O3. The fourth-order valence-electron chi connectivity index (χ4n) is 5.11. The predicted octanol–water partition coefficient (Wildman–Crippen LogP) is 2.45. The lowest BCUT2D eigenvalue weighted by Crippen LogP contribution is -2.55. The molecule has 1 heterocycles. The molecule has 4 aliphatic carbocycles. The van der Waals surface area contributed by atoms with E-state index in [0.29, 0.717) is 0 Å².